The van der Waals surface area contributed by atoms with Gasteiger partial charge in [0.1, 0.15) is 42.3 Å². The van der Waals surface area contributed by atoms with Gasteiger partial charge in [0.2, 0.25) is 0 Å². The van der Waals surface area contributed by atoms with Crippen LogP contribution in [0.2, 0.25) is 25.7 Å². The van der Waals surface area contributed by atoms with E-state index in [9.17, 15) is 19.8 Å². The van der Waals surface area contributed by atoms with Crippen molar-refractivity contribution < 1.29 is 39.5 Å². The van der Waals surface area contributed by atoms with Crippen molar-refractivity contribution in [3.8, 4) is 0 Å². The number of anilines is 2. The Morgan fingerprint density at radius 3 is 1.90 bits per heavy atom. The van der Waals surface area contributed by atoms with Crippen molar-refractivity contribution in [2.75, 3.05) is 69.0 Å². The topological polar surface area (TPSA) is 212 Å². The van der Waals surface area contributed by atoms with Gasteiger partial charge in [0, 0.05) is 74.9 Å². The third kappa shape index (κ3) is 9.77. The number of hydrogen-bond donors (Lipinski definition) is 5. The van der Waals surface area contributed by atoms with E-state index in [1.54, 1.807) is 12.7 Å². The highest BCUT2D eigenvalue weighted by Crippen LogP contribution is 2.58. The van der Waals surface area contributed by atoms with Crippen LogP contribution in [0.25, 0.3) is 22.1 Å². The fourth-order valence-electron chi connectivity index (χ4n) is 10.2. The Kier molecular flexibility index (Phi) is 13.2. The molecule has 2 spiro atoms. The lowest BCUT2D eigenvalue weighted by atomic mass is 9.70. The Morgan fingerprint density at radius 1 is 0.778 bits per heavy atom. The molecule has 4 aliphatic carbocycles. The maximum Gasteiger partial charge on any atom is 0.309 e. The fourth-order valence-corrected chi connectivity index (χ4v) is 10.9. The molecule has 0 radical (unpaired) electrons. The van der Waals surface area contributed by atoms with Crippen LogP contribution in [0.3, 0.4) is 0 Å². The van der Waals surface area contributed by atoms with Crippen molar-refractivity contribution in [3.05, 3.63) is 37.2 Å². The molecule has 2 saturated heterocycles. The Labute approximate surface area is 370 Å². The molecule has 0 unspecified atom stereocenters. The molecule has 16 nitrogen and oxygen atoms in total. The molecular formula is C46H68N8O8Si. The number of aliphatic carboxylic acids is 1. The van der Waals surface area contributed by atoms with E-state index >= 15 is 0 Å². The largest absolute Gasteiger partial charge is 0.481 e. The van der Waals surface area contributed by atoms with Gasteiger partial charge in [-0.2, -0.15) is 0 Å². The third-order valence-corrected chi connectivity index (χ3v) is 17.0. The minimum Gasteiger partial charge on any atom is -0.481 e. The van der Waals surface area contributed by atoms with Crippen LogP contribution < -0.4 is 9.80 Å². The first-order chi connectivity index (χ1) is 30.3. The number of aliphatic hydroxyl groups excluding tert-OH is 3. The number of nitrogens with one attached hydrogen (secondary N) is 1. The van der Waals surface area contributed by atoms with Crippen LogP contribution in [0, 0.1) is 33.5 Å². The van der Waals surface area contributed by atoms with E-state index in [2.05, 4.69) is 60.4 Å². The van der Waals surface area contributed by atoms with E-state index in [4.69, 9.17) is 19.7 Å². The molecule has 5 N–H and O–H groups in total. The number of H-pyrrole nitrogens is 1. The molecule has 2 aliphatic heterocycles. The quantitative estimate of drug-likeness (QED) is 0.0572. The Bertz CT molecular complexity index is 2190. The number of carboxylic acid groups (broad SMARTS) is 1. The number of aromatic nitrogens is 6. The highest BCUT2D eigenvalue weighted by atomic mass is 28.3. The molecule has 0 bridgehead atoms. The number of aliphatic hydroxyl groups is 3. The number of carbonyl (C=O) groups excluding carboxylic acids is 1. The molecule has 2 atom stereocenters. The highest BCUT2D eigenvalue weighted by Gasteiger charge is 2.57. The van der Waals surface area contributed by atoms with Crippen molar-refractivity contribution in [2.45, 2.75) is 109 Å². The van der Waals surface area contributed by atoms with Crippen molar-refractivity contribution in [2.24, 2.45) is 33.5 Å². The van der Waals surface area contributed by atoms with Crippen LogP contribution >= 0.6 is 0 Å². The van der Waals surface area contributed by atoms with Gasteiger partial charge in [-0.15, -0.1) is 0 Å². The lowest BCUT2D eigenvalue weighted by molar-refractivity contribution is -0.159. The van der Waals surface area contributed by atoms with Crippen molar-refractivity contribution in [3.63, 3.8) is 0 Å². The number of piperidine rings is 2. The first kappa shape index (κ1) is 45.4. The minimum atomic E-state index is -1.09. The molecule has 4 aromatic heterocycles. The number of carbonyl (C=O) groups is 2. The van der Waals surface area contributed by atoms with E-state index in [0.29, 0.717) is 19.8 Å². The zero-order chi connectivity index (χ0) is 44.5. The van der Waals surface area contributed by atoms with Gasteiger partial charge < -0.3 is 49.3 Å². The zero-order valence-corrected chi connectivity index (χ0v) is 38.4. The predicted octanol–water partition coefficient (Wildman–Crippen LogP) is 5.85. The lowest BCUT2D eigenvalue weighted by Gasteiger charge is -2.41. The monoisotopic (exact) mass is 888 g/mol. The summed E-state index contributed by atoms with van der Waals surface area (Å²) in [6, 6.07) is 5.21. The number of aromatic amines is 1. The maximum absolute atomic E-state index is 12.8. The third-order valence-electron chi connectivity index (χ3n) is 15.3. The molecule has 0 amide bonds. The fraction of sp³-hybridized carbons (Fsp3) is 0.696. The van der Waals surface area contributed by atoms with Gasteiger partial charge in [0.15, 0.2) is 0 Å². The smallest absolute Gasteiger partial charge is 0.309 e. The Balaban J connectivity index is 0.000000147. The predicted molar refractivity (Wildman–Crippen MR) is 242 cm³/mol. The van der Waals surface area contributed by atoms with E-state index in [-0.39, 0.29) is 59.3 Å². The molecule has 344 valence electrons. The van der Waals surface area contributed by atoms with Crippen molar-refractivity contribution in [1.29, 1.82) is 0 Å². The van der Waals surface area contributed by atoms with Crippen molar-refractivity contribution >= 4 is 53.7 Å². The summed E-state index contributed by atoms with van der Waals surface area (Å²) in [7, 11) is -1.09. The molecule has 0 aromatic carbocycles. The summed E-state index contributed by atoms with van der Waals surface area (Å²) in [6.45, 7) is 12.2. The van der Waals surface area contributed by atoms with Crippen LogP contribution in [0.15, 0.2) is 37.2 Å². The Morgan fingerprint density at radius 2 is 1.37 bits per heavy atom. The molecule has 10 rings (SSSR count). The summed E-state index contributed by atoms with van der Waals surface area (Å²) < 4.78 is 13.6. The van der Waals surface area contributed by atoms with E-state index < -0.39 is 14.0 Å². The summed E-state index contributed by atoms with van der Waals surface area (Å²) >= 11 is 0. The first-order valence-corrected chi connectivity index (χ1v) is 26.9. The summed E-state index contributed by atoms with van der Waals surface area (Å²) in [6.07, 6.45) is 18.9. The van der Waals surface area contributed by atoms with Crippen LogP contribution in [0.5, 0.6) is 0 Å². The molecule has 4 saturated carbocycles. The van der Waals surface area contributed by atoms with Crippen molar-refractivity contribution in [1.82, 2.24) is 29.5 Å². The average molecular weight is 889 g/mol. The second-order valence-corrected chi connectivity index (χ2v) is 26.5. The molecule has 6 aliphatic rings. The highest BCUT2D eigenvalue weighted by molar-refractivity contribution is 6.76. The average Bonchev–Trinajstić information content (AvgIpc) is 4.07. The normalized spacial score (nSPS) is 23.5. The number of esters is 1. The van der Waals surface area contributed by atoms with Gasteiger partial charge in [-0.25, -0.2) is 19.9 Å². The number of nitrogens with zero attached hydrogens (tertiary/aromatic N) is 7. The number of rotatable bonds is 14. The van der Waals surface area contributed by atoms with Gasteiger partial charge >= 0.3 is 11.9 Å². The van der Waals surface area contributed by atoms with E-state index in [1.807, 2.05) is 23.0 Å². The van der Waals surface area contributed by atoms with Crippen LogP contribution in [0.4, 0.5) is 11.6 Å². The summed E-state index contributed by atoms with van der Waals surface area (Å²) in [5.41, 5.74) is 1.43. The summed E-state index contributed by atoms with van der Waals surface area (Å²) in [4.78, 5) is 49.9. The number of carboxylic acids is 1. The second kappa shape index (κ2) is 18.4. The standard InChI is InChI=1S/C20H30N4O3Si.C20H26N4O3.C6H12O2/c1-28(2,3)11-10-27-14-24-8-4-15-17(21-13-22-18(15)24)23-9-5-16(19(25)26)20(12-23)6-7-20;25-11-19(4-1-5-19)12-27-18(26)15-3-9-24(10-20(15)6-7-20)17-14-2-8-21-16(14)22-13-23-17;7-4-6(5-8)2-1-3-6/h4,8,13,16H,5-7,9-12,14H2,1-3H3,(H,25,26);2,8,13,15,25H,1,3-7,9-12H2,(H,21,22,23);7-8H,1-5H2/t16-;15-;/m00./s1. The van der Waals surface area contributed by atoms with Gasteiger partial charge in [-0.3, -0.25) is 9.59 Å². The minimum absolute atomic E-state index is 0.0227. The molecular weight excluding hydrogens is 821 g/mol. The Hall–Kier alpha value is -4.16. The van der Waals surface area contributed by atoms with Gasteiger partial charge in [-0.1, -0.05) is 32.5 Å². The lowest BCUT2D eigenvalue weighted by Crippen LogP contribution is -2.46. The molecule has 6 heterocycles. The van der Waals surface area contributed by atoms with Gasteiger partial charge in [-0.05, 0) is 82.4 Å². The van der Waals surface area contributed by atoms with Crippen LogP contribution in [-0.2, 0) is 25.8 Å². The number of ether oxygens (including phenoxy) is 2. The second-order valence-electron chi connectivity index (χ2n) is 20.9. The maximum atomic E-state index is 12.8. The number of fused-ring (bicyclic) bond motifs is 2. The van der Waals surface area contributed by atoms with Gasteiger partial charge in [0.25, 0.3) is 0 Å². The van der Waals surface area contributed by atoms with Crippen LogP contribution in [-0.4, -0.2) is 129 Å². The van der Waals surface area contributed by atoms with Crippen LogP contribution in [0.1, 0.15) is 77.0 Å². The molecule has 4 aromatic rings. The SMILES string of the molecule is C[Si](C)(C)CCOCn1ccc2c(N3CC[C@@H](C(=O)O)C4(CC4)C3)ncnc21.O=C(OCC1(CO)CCC1)[C@@H]1CCN(c2ncnc3[nH]ccc23)CC12CC2.OCC1(CO)CCC1. The zero-order valence-electron chi connectivity index (χ0n) is 37.4. The molecule has 6 fully saturated rings. The molecule has 63 heavy (non-hydrogen) atoms. The van der Waals surface area contributed by atoms with Gasteiger partial charge in [0.05, 0.1) is 49.0 Å². The number of hydrogen-bond acceptors (Lipinski definition) is 13. The first-order valence-electron chi connectivity index (χ1n) is 23.1. The van der Waals surface area contributed by atoms with E-state index in [0.717, 1.165) is 137 Å². The summed E-state index contributed by atoms with van der Waals surface area (Å²) in [5, 5.41) is 38.5. The molecule has 17 heteroatoms. The summed E-state index contributed by atoms with van der Waals surface area (Å²) in [5.74, 6) is 0.903. The van der Waals surface area contributed by atoms with E-state index in [1.165, 1.54) is 6.42 Å².